The topological polar surface area (TPSA) is 40.3 Å². The van der Waals surface area contributed by atoms with E-state index in [0.29, 0.717) is 6.54 Å². The molecule has 0 aromatic heterocycles. The number of nitrogens with zero attached hydrogens (tertiary/aromatic N) is 4. The van der Waals surface area contributed by atoms with E-state index >= 15 is 0 Å². The normalized spacial score (nSPS) is 17.7. The van der Waals surface area contributed by atoms with Crippen LogP contribution in [0, 0.1) is 0 Å². The number of unbranched alkanes of at least 4 members (excludes halogenated alkanes) is 1. The molecule has 19 heavy (non-hydrogen) atoms. The maximum atomic E-state index is 4.72. The van der Waals surface area contributed by atoms with E-state index in [0.717, 1.165) is 35.1 Å². The van der Waals surface area contributed by atoms with Gasteiger partial charge in [-0.1, -0.05) is 43.7 Å². The van der Waals surface area contributed by atoms with Gasteiger partial charge in [-0.25, -0.2) is 0 Å². The first-order valence-corrected chi connectivity index (χ1v) is 7.37. The highest BCUT2D eigenvalue weighted by Crippen LogP contribution is 2.26. The molecule has 0 atom stereocenters. The van der Waals surface area contributed by atoms with Gasteiger partial charge in [0.25, 0.3) is 0 Å². The Morgan fingerprint density at radius 2 is 2.11 bits per heavy atom. The Hall–Kier alpha value is -1.62. The zero-order valence-electron chi connectivity index (χ0n) is 10.9. The van der Waals surface area contributed by atoms with Gasteiger partial charge < -0.3 is 0 Å². The maximum absolute atomic E-state index is 4.72. The molecule has 0 unspecified atom stereocenters. The van der Waals surface area contributed by atoms with Crippen LogP contribution in [0.3, 0.4) is 0 Å². The van der Waals surface area contributed by atoms with E-state index in [4.69, 9.17) is 5.10 Å². The zero-order valence-corrected chi connectivity index (χ0v) is 11.7. The first-order valence-electron chi connectivity index (χ1n) is 6.60. The number of amidine groups is 2. The summed E-state index contributed by atoms with van der Waals surface area (Å²) in [4.78, 5) is 4.57. The van der Waals surface area contributed by atoms with Gasteiger partial charge in [0.05, 0.1) is 24.2 Å². The fraction of sp³-hybridized carbons (Fsp3) is 0.357. The molecule has 0 aliphatic carbocycles. The molecule has 0 bridgehead atoms. The van der Waals surface area contributed by atoms with Crippen molar-refractivity contribution in [2.45, 2.75) is 26.2 Å². The lowest BCUT2D eigenvalue weighted by molar-refractivity contribution is 0.634. The maximum Gasteiger partial charge on any atom is 0.209 e. The number of benzene rings is 1. The van der Waals surface area contributed by atoms with E-state index in [2.05, 4.69) is 28.4 Å². The number of hydrogen-bond donors (Lipinski definition) is 0. The highest BCUT2D eigenvalue weighted by molar-refractivity contribution is 8.13. The van der Waals surface area contributed by atoms with Crippen LogP contribution in [0.4, 0.5) is 0 Å². The summed E-state index contributed by atoms with van der Waals surface area (Å²) in [7, 11) is 0. The van der Waals surface area contributed by atoms with Crippen LogP contribution in [0.5, 0.6) is 0 Å². The standard InChI is InChI=1S/C14H16N4S/c1-2-3-9-13-17-19-14-15-10-12(16-18(13)14)11-7-5-4-6-8-11/h4-8H,2-3,9-10H2,1H3. The Labute approximate surface area is 117 Å². The predicted molar refractivity (Wildman–Crippen MR) is 81.7 cm³/mol. The summed E-state index contributed by atoms with van der Waals surface area (Å²) in [5.41, 5.74) is 2.15. The van der Waals surface area contributed by atoms with Crippen molar-refractivity contribution in [1.29, 1.82) is 0 Å². The highest BCUT2D eigenvalue weighted by Gasteiger charge is 2.27. The highest BCUT2D eigenvalue weighted by atomic mass is 32.2. The minimum atomic E-state index is 0.638. The third kappa shape index (κ3) is 2.56. The van der Waals surface area contributed by atoms with E-state index in [-0.39, 0.29) is 0 Å². The molecule has 0 spiro atoms. The lowest BCUT2D eigenvalue weighted by Crippen LogP contribution is -2.31. The van der Waals surface area contributed by atoms with Crippen molar-refractivity contribution in [3.8, 4) is 0 Å². The van der Waals surface area contributed by atoms with Crippen LogP contribution in [0.1, 0.15) is 31.7 Å². The number of rotatable bonds is 4. The Morgan fingerprint density at radius 1 is 1.26 bits per heavy atom. The van der Waals surface area contributed by atoms with E-state index < -0.39 is 0 Å². The Bertz CT molecular complexity index is 548. The molecule has 0 radical (unpaired) electrons. The molecule has 3 rings (SSSR count). The molecule has 0 amide bonds. The summed E-state index contributed by atoms with van der Waals surface area (Å²) >= 11 is 1.44. The van der Waals surface area contributed by atoms with Crippen molar-refractivity contribution in [3.63, 3.8) is 0 Å². The van der Waals surface area contributed by atoms with Gasteiger partial charge in [-0.3, -0.25) is 4.99 Å². The molecule has 0 saturated heterocycles. The number of hydrazone groups is 1. The molecule has 5 heteroatoms. The number of hydrogen-bond acceptors (Lipinski definition) is 5. The lowest BCUT2D eigenvalue weighted by atomic mass is 10.1. The molecule has 1 aromatic rings. The van der Waals surface area contributed by atoms with Crippen LogP contribution in [0.25, 0.3) is 0 Å². The second-order valence-corrected chi connectivity index (χ2v) is 5.26. The fourth-order valence-corrected chi connectivity index (χ4v) is 2.74. The Kier molecular flexibility index (Phi) is 3.64. The third-order valence-electron chi connectivity index (χ3n) is 3.10. The molecule has 4 nitrogen and oxygen atoms in total. The van der Waals surface area contributed by atoms with Crippen molar-refractivity contribution < 1.29 is 0 Å². The summed E-state index contributed by atoms with van der Waals surface area (Å²) < 4.78 is 4.47. The minimum absolute atomic E-state index is 0.638. The lowest BCUT2D eigenvalue weighted by Gasteiger charge is -2.20. The van der Waals surface area contributed by atoms with Crippen molar-refractivity contribution in [3.05, 3.63) is 35.9 Å². The third-order valence-corrected chi connectivity index (χ3v) is 3.87. The van der Waals surface area contributed by atoms with Crippen LogP contribution in [-0.4, -0.2) is 28.3 Å². The smallest absolute Gasteiger partial charge is 0.209 e. The molecule has 1 aromatic carbocycles. The van der Waals surface area contributed by atoms with Gasteiger partial charge in [-0.2, -0.15) is 14.5 Å². The van der Waals surface area contributed by atoms with Crippen LogP contribution in [0.15, 0.2) is 44.8 Å². The molecular weight excluding hydrogens is 256 g/mol. The van der Waals surface area contributed by atoms with Crippen LogP contribution < -0.4 is 0 Å². The van der Waals surface area contributed by atoms with Gasteiger partial charge in [-0.05, 0) is 12.0 Å². The van der Waals surface area contributed by atoms with Gasteiger partial charge in [0.2, 0.25) is 5.17 Å². The zero-order chi connectivity index (χ0) is 13.1. The van der Waals surface area contributed by atoms with E-state index in [1.54, 1.807) is 0 Å². The largest absolute Gasteiger partial charge is 0.253 e. The molecule has 2 aliphatic heterocycles. The van der Waals surface area contributed by atoms with Crippen molar-refractivity contribution >= 4 is 28.7 Å². The average molecular weight is 272 g/mol. The molecule has 0 saturated carbocycles. The predicted octanol–water partition coefficient (Wildman–Crippen LogP) is 3.31. The van der Waals surface area contributed by atoms with Crippen LogP contribution in [-0.2, 0) is 0 Å². The SMILES string of the molecule is CCCCC1=NSC2=NCC(c3ccccc3)=NN12. The average Bonchev–Trinajstić information content (AvgIpc) is 2.88. The summed E-state index contributed by atoms with van der Waals surface area (Å²) in [5.74, 6) is 1.03. The van der Waals surface area contributed by atoms with Gasteiger partial charge >= 0.3 is 0 Å². The molecule has 98 valence electrons. The van der Waals surface area contributed by atoms with E-state index in [1.807, 2.05) is 23.2 Å². The Morgan fingerprint density at radius 3 is 2.89 bits per heavy atom. The first kappa shape index (κ1) is 12.4. The molecule has 2 aliphatic rings. The molecule has 0 N–H and O–H groups in total. The number of aliphatic imine (C=N–C) groups is 1. The number of fused-ring (bicyclic) bond motifs is 1. The molecule has 2 heterocycles. The second-order valence-electron chi connectivity index (χ2n) is 4.53. The second kappa shape index (κ2) is 5.57. The quantitative estimate of drug-likeness (QED) is 0.789. The van der Waals surface area contributed by atoms with Crippen molar-refractivity contribution in [2.75, 3.05) is 6.54 Å². The van der Waals surface area contributed by atoms with Gasteiger partial charge in [-0.15, -0.1) is 0 Å². The van der Waals surface area contributed by atoms with Crippen LogP contribution >= 0.6 is 11.9 Å². The first-order chi connectivity index (χ1) is 9.38. The summed E-state index contributed by atoms with van der Waals surface area (Å²) in [6.45, 7) is 2.83. The van der Waals surface area contributed by atoms with Crippen molar-refractivity contribution in [2.24, 2.45) is 14.5 Å². The van der Waals surface area contributed by atoms with Gasteiger partial charge in [0.1, 0.15) is 5.84 Å². The summed E-state index contributed by atoms with van der Waals surface area (Å²) in [6.07, 6.45) is 3.27. The van der Waals surface area contributed by atoms with Gasteiger partial charge in [0.15, 0.2) is 0 Å². The van der Waals surface area contributed by atoms with E-state index in [9.17, 15) is 0 Å². The van der Waals surface area contributed by atoms with Crippen LogP contribution in [0.2, 0.25) is 0 Å². The van der Waals surface area contributed by atoms with Gasteiger partial charge in [0, 0.05) is 6.42 Å². The van der Waals surface area contributed by atoms with E-state index in [1.165, 1.54) is 18.4 Å². The molecule has 0 fully saturated rings. The molecular formula is C14H16N4S. The fourth-order valence-electron chi connectivity index (χ4n) is 2.04. The van der Waals surface area contributed by atoms with Crippen molar-refractivity contribution in [1.82, 2.24) is 5.01 Å². The monoisotopic (exact) mass is 272 g/mol. The Balaban J connectivity index is 1.82. The summed E-state index contributed by atoms with van der Waals surface area (Å²) in [6, 6.07) is 10.2. The minimum Gasteiger partial charge on any atom is -0.253 e. The summed E-state index contributed by atoms with van der Waals surface area (Å²) in [5, 5.41) is 7.53.